The van der Waals surface area contributed by atoms with Crippen LogP contribution in [0.25, 0.3) is 0 Å². The van der Waals surface area contributed by atoms with Gasteiger partial charge in [0.25, 0.3) is 0 Å². The van der Waals surface area contributed by atoms with Crippen molar-refractivity contribution < 1.29 is 9.47 Å². The first-order valence-electron chi connectivity index (χ1n) is 6.45. The lowest BCUT2D eigenvalue weighted by Crippen LogP contribution is -2.27. The van der Waals surface area contributed by atoms with Gasteiger partial charge in [0.05, 0.1) is 0 Å². The molecule has 2 atom stereocenters. The van der Waals surface area contributed by atoms with Gasteiger partial charge in [-0.25, -0.2) is 0 Å². The third-order valence-corrected chi connectivity index (χ3v) is 3.88. The highest BCUT2D eigenvalue weighted by Crippen LogP contribution is 2.39. The zero-order chi connectivity index (χ0) is 11.7. The minimum Gasteiger partial charge on any atom is -0.486 e. The zero-order valence-electron chi connectivity index (χ0n) is 10.2. The van der Waals surface area contributed by atoms with Gasteiger partial charge >= 0.3 is 0 Å². The van der Waals surface area contributed by atoms with Gasteiger partial charge in [0.1, 0.15) is 13.2 Å². The average Bonchev–Trinajstić information content (AvgIpc) is 2.86. The van der Waals surface area contributed by atoms with Crippen molar-refractivity contribution in [2.24, 2.45) is 0 Å². The Labute approximate surface area is 102 Å². The van der Waals surface area contributed by atoms with Crippen molar-refractivity contribution in [1.29, 1.82) is 0 Å². The molecule has 17 heavy (non-hydrogen) atoms. The molecule has 1 aromatic carbocycles. The van der Waals surface area contributed by atoms with E-state index in [9.17, 15) is 0 Å². The maximum absolute atomic E-state index is 5.65. The first-order chi connectivity index (χ1) is 8.38. The molecule has 1 N–H and O–H groups in total. The van der Waals surface area contributed by atoms with Gasteiger partial charge in [0.2, 0.25) is 0 Å². The van der Waals surface area contributed by atoms with Gasteiger partial charge < -0.3 is 14.8 Å². The van der Waals surface area contributed by atoms with E-state index < -0.39 is 0 Å². The molecular weight excluding hydrogens is 214 g/mol. The first-order valence-corrected chi connectivity index (χ1v) is 6.45. The molecule has 0 radical (unpaired) electrons. The molecule has 1 aliphatic carbocycles. The van der Waals surface area contributed by atoms with E-state index in [1.54, 1.807) is 0 Å². The second-order valence-corrected chi connectivity index (χ2v) is 4.84. The first kappa shape index (κ1) is 10.9. The molecule has 2 unspecified atom stereocenters. The van der Waals surface area contributed by atoms with Crippen LogP contribution in [-0.2, 0) is 0 Å². The molecule has 1 fully saturated rings. The second-order valence-electron chi connectivity index (χ2n) is 4.84. The molecule has 92 valence electrons. The highest BCUT2D eigenvalue weighted by atomic mass is 16.6. The lowest BCUT2D eigenvalue weighted by molar-refractivity contribution is 0.171. The molecule has 0 spiro atoms. The largest absolute Gasteiger partial charge is 0.486 e. The monoisotopic (exact) mass is 233 g/mol. The van der Waals surface area contributed by atoms with Crippen molar-refractivity contribution in [1.82, 2.24) is 5.32 Å². The van der Waals surface area contributed by atoms with Crippen LogP contribution in [0.4, 0.5) is 0 Å². The Morgan fingerprint density at radius 1 is 1.12 bits per heavy atom. The Morgan fingerprint density at radius 2 is 1.94 bits per heavy atom. The van der Waals surface area contributed by atoms with Gasteiger partial charge in [-0.05, 0) is 43.5 Å². The van der Waals surface area contributed by atoms with E-state index in [1.807, 2.05) is 0 Å². The van der Waals surface area contributed by atoms with Crippen LogP contribution >= 0.6 is 0 Å². The van der Waals surface area contributed by atoms with Crippen molar-refractivity contribution in [3.05, 3.63) is 23.8 Å². The average molecular weight is 233 g/mol. The number of rotatable bonds is 2. The SMILES string of the molecule is CNC1CCCC1c1ccc2c(c1)OCCO2. The van der Waals surface area contributed by atoms with Crippen LogP contribution in [0, 0.1) is 0 Å². The number of likely N-dealkylation sites (N-methyl/N-ethyl adjacent to an activating group) is 1. The molecule has 1 saturated carbocycles. The third-order valence-electron chi connectivity index (χ3n) is 3.88. The van der Waals surface area contributed by atoms with E-state index in [0.717, 1.165) is 11.5 Å². The Bertz CT molecular complexity index is 405. The highest BCUT2D eigenvalue weighted by molar-refractivity contribution is 5.45. The van der Waals surface area contributed by atoms with Gasteiger partial charge in [-0.1, -0.05) is 12.5 Å². The molecule has 0 aromatic heterocycles. The number of fused-ring (bicyclic) bond motifs is 1. The summed E-state index contributed by atoms with van der Waals surface area (Å²) in [6.45, 7) is 1.32. The molecule has 0 saturated heterocycles. The molecular formula is C14H19NO2. The van der Waals surface area contributed by atoms with E-state index in [4.69, 9.17) is 9.47 Å². The van der Waals surface area contributed by atoms with E-state index in [0.29, 0.717) is 25.2 Å². The molecule has 2 aliphatic rings. The van der Waals surface area contributed by atoms with Crippen LogP contribution in [-0.4, -0.2) is 26.3 Å². The summed E-state index contributed by atoms with van der Waals surface area (Å²) in [4.78, 5) is 0. The van der Waals surface area contributed by atoms with Gasteiger partial charge in [0, 0.05) is 6.04 Å². The van der Waals surface area contributed by atoms with Crippen LogP contribution in [0.3, 0.4) is 0 Å². The maximum atomic E-state index is 5.65. The summed E-state index contributed by atoms with van der Waals surface area (Å²) in [7, 11) is 2.06. The summed E-state index contributed by atoms with van der Waals surface area (Å²) in [6, 6.07) is 7.01. The minimum atomic E-state index is 0.609. The molecule has 0 amide bonds. The van der Waals surface area contributed by atoms with Crippen LogP contribution in [0.1, 0.15) is 30.7 Å². The van der Waals surface area contributed by atoms with Gasteiger partial charge in [-0.3, -0.25) is 0 Å². The normalized spacial score (nSPS) is 27.1. The van der Waals surface area contributed by atoms with Crippen molar-refractivity contribution >= 4 is 0 Å². The van der Waals surface area contributed by atoms with Crippen molar-refractivity contribution in [3.8, 4) is 11.5 Å². The van der Waals surface area contributed by atoms with Crippen LogP contribution < -0.4 is 14.8 Å². The van der Waals surface area contributed by atoms with E-state index in [-0.39, 0.29) is 0 Å². The van der Waals surface area contributed by atoms with Crippen molar-refractivity contribution in [3.63, 3.8) is 0 Å². The minimum absolute atomic E-state index is 0.609. The Morgan fingerprint density at radius 3 is 2.76 bits per heavy atom. The number of benzene rings is 1. The summed E-state index contributed by atoms with van der Waals surface area (Å²) in [5, 5.41) is 3.42. The van der Waals surface area contributed by atoms with Gasteiger partial charge in [-0.15, -0.1) is 0 Å². The summed E-state index contributed by atoms with van der Waals surface area (Å²) < 4.78 is 11.2. The molecule has 3 rings (SSSR count). The Balaban J connectivity index is 1.88. The van der Waals surface area contributed by atoms with Crippen LogP contribution in [0.15, 0.2) is 18.2 Å². The summed E-state index contributed by atoms with van der Waals surface area (Å²) in [5.41, 5.74) is 1.38. The second kappa shape index (κ2) is 4.57. The summed E-state index contributed by atoms with van der Waals surface area (Å²) in [6.07, 6.45) is 3.85. The smallest absolute Gasteiger partial charge is 0.161 e. The van der Waals surface area contributed by atoms with Crippen molar-refractivity contribution in [2.45, 2.75) is 31.2 Å². The van der Waals surface area contributed by atoms with Gasteiger partial charge in [0.15, 0.2) is 11.5 Å². The molecule has 1 heterocycles. The topological polar surface area (TPSA) is 30.5 Å². The fourth-order valence-electron chi connectivity index (χ4n) is 3.00. The van der Waals surface area contributed by atoms with Crippen molar-refractivity contribution in [2.75, 3.05) is 20.3 Å². The Kier molecular flexibility index (Phi) is 2.93. The number of ether oxygens (including phenoxy) is 2. The Hall–Kier alpha value is -1.22. The van der Waals surface area contributed by atoms with Crippen LogP contribution in [0.5, 0.6) is 11.5 Å². The number of nitrogens with one attached hydrogen (secondary N) is 1. The predicted octanol–water partition coefficient (Wildman–Crippen LogP) is 2.31. The maximum Gasteiger partial charge on any atom is 0.161 e. The molecule has 0 bridgehead atoms. The lowest BCUT2D eigenvalue weighted by Gasteiger charge is -2.23. The van der Waals surface area contributed by atoms with E-state index in [1.165, 1.54) is 24.8 Å². The molecule has 1 aliphatic heterocycles. The quantitative estimate of drug-likeness (QED) is 0.850. The fraction of sp³-hybridized carbons (Fsp3) is 0.571. The predicted molar refractivity (Wildman–Crippen MR) is 66.9 cm³/mol. The fourth-order valence-corrected chi connectivity index (χ4v) is 3.00. The molecule has 3 nitrogen and oxygen atoms in total. The highest BCUT2D eigenvalue weighted by Gasteiger charge is 2.28. The lowest BCUT2D eigenvalue weighted by atomic mass is 9.94. The van der Waals surface area contributed by atoms with E-state index in [2.05, 4.69) is 30.6 Å². The zero-order valence-corrected chi connectivity index (χ0v) is 10.2. The van der Waals surface area contributed by atoms with E-state index >= 15 is 0 Å². The van der Waals surface area contributed by atoms with Crippen LogP contribution in [0.2, 0.25) is 0 Å². The van der Waals surface area contributed by atoms with Gasteiger partial charge in [-0.2, -0.15) is 0 Å². The number of hydrogen-bond acceptors (Lipinski definition) is 3. The summed E-state index contributed by atoms with van der Waals surface area (Å²) >= 11 is 0. The number of hydrogen-bond donors (Lipinski definition) is 1. The standard InChI is InChI=1S/C14H19NO2/c1-15-12-4-2-3-11(12)10-5-6-13-14(9-10)17-8-7-16-13/h5-6,9,11-12,15H,2-4,7-8H2,1H3. The summed E-state index contributed by atoms with van der Waals surface area (Å²) in [5.74, 6) is 2.42. The third kappa shape index (κ3) is 2.00. The molecule has 1 aromatic rings. The molecule has 3 heteroatoms.